The van der Waals surface area contributed by atoms with Crippen LogP contribution < -0.4 is 0 Å². The van der Waals surface area contributed by atoms with Gasteiger partial charge in [-0.15, -0.1) is 0 Å². The van der Waals surface area contributed by atoms with E-state index >= 15 is 0 Å². The predicted molar refractivity (Wildman–Crippen MR) is 33.1 cm³/mol. The first-order chi connectivity index (χ1) is 4.33. The normalized spacial score (nSPS) is 17.4. The highest BCUT2D eigenvalue weighted by Crippen LogP contribution is 2.06. The van der Waals surface area contributed by atoms with Crippen LogP contribution in [0.3, 0.4) is 0 Å². The Bertz CT molecular complexity index is 151. The molecule has 0 spiro atoms. The zero-order chi connectivity index (χ0) is 6.69. The molecule has 0 aliphatic carbocycles. The van der Waals surface area contributed by atoms with E-state index in [1.54, 1.807) is 0 Å². The van der Waals surface area contributed by atoms with Crippen molar-refractivity contribution in [2.24, 2.45) is 5.16 Å². The zero-order valence-corrected chi connectivity index (χ0v) is 5.39. The van der Waals surface area contributed by atoms with Crippen LogP contribution in [0, 0.1) is 0 Å². The van der Waals surface area contributed by atoms with Crippen LogP contribution in [0.4, 0.5) is 0 Å². The summed E-state index contributed by atoms with van der Waals surface area (Å²) >= 11 is 0. The van der Waals surface area contributed by atoms with Crippen molar-refractivity contribution >= 4 is 11.7 Å². The summed E-state index contributed by atoms with van der Waals surface area (Å²) in [6.07, 6.45) is 2.30. The van der Waals surface area contributed by atoms with Crippen molar-refractivity contribution in [1.82, 2.24) is 0 Å². The Kier molecular flexibility index (Phi) is 1.82. The van der Waals surface area contributed by atoms with Crippen LogP contribution in [-0.4, -0.2) is 11.7 Å². The molecular weight excluding hydrogens is 118 g/mol. The van der Waals surface area contributed by atoms with Gasteiger partial charge in [-0.1, -0.05) is 18.5 Å². The number of hydrogen-bond acceptors (Lipinski definition) is 3. The fraction of sp³-hybridized carbons (Fsp3) is 0.667. The van der Waals surface area contributed by atoms with Crippen molar-refractivity contribution in [3.8, 4) is 0 Å². The molecule has 9 heavy (non-hydrogen) atoms. The molecule has 0 bridgehead atoms. The number of carbonyl (C=O) groups is 1. The minimum absolute atomic E-state index is 0.224. The molecule has 0 fully saturated rings. The second-order valence-corrected chi connectivity index (χ2v) is 2.05. The van der Waals surface area contributed by atoms with Gasteiger partial charge in [0.2, 0.25) is 0 Å². The monoisotopic (exact) mass is 127 g/mol. The minimum atomic E-state index is -0.224. The maximum atomic E-state index is 10.4. The van der Waals surface area contributed by atoms with E-state index in [0.717, 1.165) is 18.6 Å². The highest BCUT2D eigenvalue weighted by Gasteiger charge is 2.15. The highest BCUT2D eigenvalue weighted by molar-refractivity contribution is 6.01. The van der Waals surface area contributed by atoms with Crippen molar-refractivity contribution in [3.63, 3.8) is 0 Å². The van der Waals surface area contributed by atoms with Gasteiger partial charge in [0.1, 0.15) is 0 Å². The van der Waals surface area contributed by atoms with E-state index in [1.165, 1.54) is 0 Å². The zero-order valence-electron chi connectivity index (χ0n) is 5.39. The lowest BCUT2D eigenvalue weighted by atomic mass is 10.2. The fourth-order valence-corrected chi connectivity index (χ4v) is 0.769. The first-order valence-corrected chi connectivity index (χ1v) is 3.08. The summed E-state index contributed by atoms with van der Waals surface area (Å²) < 4.78 is 0. The Balaban J connectivity index is 2.36. The molecule has 0 atom stereocenters. The van der Waals surface area contributed by atoms with Crippen molar-refractivity contribution in [3.05, 3.63) is 0 Å². The van der Waals surface area contributed by atoms with E-state index in [9.17, 15) is 4.79 Å². The standard InChI is InChI=1S/C6H9NO2/c1-2-3-5-4-6(8)9-7-5/h2-4H2,1H3. The Morgan fingerprint density at radius 3 is 3.00 bits per heavy atom. The average molecular weight is 127 g/mol. The maximum absolute atomic E-state index is 10.4. The van der Waals surface area contributed by atoms with Crippen LogP contribution in [0.25, 0.3) is 0 Å². The van der Waals surface area contributed by atoms with E-state index in [1.807, 2.05) is 6.92 Å². The van der Waals surface area contributed by atoms with Crippen LogP contribution in [-0.2, 0) is 9.63 Å². The van der Waals surface area contributed by atoms with Gasteiger partial charge in [0, 0.05) is 0 Å². The van der Waals surface area contributed by atoms with Crippen molar-refractivity contribution in [2.75, 3.05) is 0 Å². The van der Waals surface area contributed by atoms with Gasteiger partial charge < -0.3 is 4.84 Å². The first-order valence-electron chi connectivity index (χ1n) is 3.08. The lowest BCUT2D eigenvalue weighted by molar-refractivity contribution is -0.140. The molecule has 0 N–H and O–H groups in total. The van der Waals surface area contributed by atoms with Crippen LogP contribution in [0.15, 0.2) is 5.16 Å². The Labute approximate surface area is 53.7 Å². The molecule has 50 valence electrons. The number of oxime groups is 1. The van der Waals surface area contributed by atoms with E-state index < -0.39 is 0 Å². The molecule has 1 rings (SSSR count). The second-order valence-electron chi connectivity index (χ2n) is 2.05. The van der Waals surface area contributed by atoms with E-state index in [2.05, 4.69) is 9.99 Å². The third-order valence-electron chi connectivity index (χ3n) is 1.16. The van der Waals surface area contributed by atoms with Crippen molar-refractivity contribution in [1.29, 1.82) is 0 Å². The largest absolute Gasteiger partial charge is 0.340 e. The number of rotatable bonds is 2. The Hall–Kier alpha value is -0.860. The van der Waals surface area contributed by atoms with Gasteiger partial charge in [-0.3, -0.25) is 0 Å². The lowest BCUT2D eigenvalue weighted by Crippen LogP contribution is -1.97. The van der Waals surface area contributed by atoms with Gasteiger partial charge in [-0.05, 0) is 6.42 Å². The molecule has 0 unspecified atom stereocenters. The molecule has 0 amide bonds. The third kappa shape index (κ3) is 1.52. The lowest BCUT2D eigenvalue weighted by Gasteiger charge is -1.86. The van der Waals surface area contributed by atoms with Crippen LogP contribution in [0.5, 0.6) is 0 Å². The number of nitrogens with zero attached hydrogens (tertiary/aromatic N) is 1. The van der Waals surface area contributed by atoms with Crippen molar-refractivity contribution < 1.29 is 9.63 Å². The molecular formula is C6H9NO2. The molecule has 3 nitrogen and oxygen atoms in total. The molecule has 0 saturated carbocycles. The maximum Gasteiger partial charge on any atom is 0.340 e. The van der Waals surface area contributed by atoms with Gasteiger partial charge in [0.05, 0.1) is 12.1 Å². The van der Waals surface area contributed by atoms with Crippen LogP contribution >= 0.6 is 0 Å². The van der Waals surface area contributed by atoms with Crippen LogP contribution in [0.2, 0.25) is 0 Å². The number of carbonyl (C=O) groups excluding carboxylic acids is 1. The summed E-state index contributed by atoms with van der Waals surface area (Å²) in [7, 11) is 0. The molecule has 1 aliphatic heterocycles. The van der Waals surface area contributed by atoms with Gasteiger partial charge in [-0.25, -0.2) is 4.79 Å². The second kappa shape index (κ2) is 2.62. The van der Waals surface area contributed by atoms with Gasteiger partial charge >= 0.3 is 5.97 Å². The SMILES string of the molecule is CCCC1=NOC(=O)C1. The molecule has 1 aliphatic rings. The molecule has 0 radical (unpaired) electrons. The summed E-state index contributed by atoms with van der Waals surface area (Å²) in [5, 5.41) is 3.57. The summed E-state index contributed by atoms with van der Waals surface area (Å²) in [6, 6.07) is 0. The highest BCUT2D eigenvalue weighted by atomic mass is 16.7. The fourth-order valence-electron chi connectivity index (χ4n) is 0.769. The number of hydrogen-bond donors (Lipinski definition) is 0. The van der Waals surface area contributed by atoms with Gasteiger partial charge in [0.25, 0.3) is 0 Å². The molecule has 0 aromatic rings. The minimum Gasteiger partial charge on any atom is -0.318 e. The molecule has 0 aromatic carbocycles. The van der Waals surface area contributed by atoms with E-state index in [4.69, 9.17) is 0 Å². The third-order valence-corrected chi connectivity index (χ3v) is 1.16. The van der Waals surface area contributed by atoms with Crippen molar-refractivity contribution in [2.45, 2.75) is 26.2 Å². The van der Waals surface area contributed by atoms with E-state index in [0.29, 0.717) is 6.42 Å². The first kappa shape index (κ1) is 6.26. The van der Waals surface area contributed by atoms with Gasteiger partial charge in [-0.2, -0.15) is 0 Å². The molecule has 0 aromatic heterocycles. The summed E-state index contributed by atoms with van der Waals surface area (Å²) in [6.45, 7) is 2.05. The predicted octanol–water partition coefficient (Wildman–Crippen LogP) is 1.09. The van der Waals surface area contributed by atoms with Gasteiger partial charge in [0.15, 0.2) is 0 Å². The Morgan fingerprint density at radius 2 is 2.56 bits per heavy atom. The summed E-state index contributed by atoms with van der Waals surface area (Å²) in [5.74, 6) is -0.224. The molecule has 0 saturated heterocycles. The smallest absolute Gasteiger partial charge is 0.318 e. The quantitative estimate of drug-likeness (QED) is 0.521. The average Bonchev–Trinajstić information content (AvgIpc) is 2.17. The molecule has 1 heterocycles. The Morgan fingerprint density at radius 1 is 1.78 bits per heavy atom. The van der Waals surface area contributed by atoms with Crippen LogP contribution in [0.1, 0.15) is 26.2 Å². The summed E-state index contributed by atoms with van der Waals surface area (Å²) in [5.41, 5.74) is 0.877. The van der Waals surface area contributed by atoms with E-state index in [-0.39, 0.29) is 5.97 Å². The summed E-state index contributed by atoms with van der Waals surface area (Å²) in [4.78, 5) is 14.8. The topological polar surface area (TPSA) is 38.7 Å². The molecule has 3 heteroatoms.